The van der Waals surface area contributed by atoms with E-state index in [-0.39, 0.29) is 30.0 Å². The highest BCUT2D eigenvalue weighted by molar-refractivity contribution is 7.91. The van der Waals surface area contributed by atoms with Crippen LogP contribution in [0, 0.1) is 11.3 Å². The lowest BCUT2D eigenvalue weighted by atomic mass is 10.1. The molecule has 1 aliphatic heterocycles. The van der Waals surface area contributed by atoms with Gasteiger partial charge in [-0.1, -0.05) is 36.7 Å². The molecule has 8 nitrogen and oxygen atoms in total. The summed E-state index contributed by atoms with van der Waals surface area (Å²) >= 11 is 6.16. The van der Waals surface area contributed by atoms with Crippen molar-refractivity contribution >= 4 is 33.0 Å². The molecule has 36 heavy (non-hydrogen) atoms. The van der Waals surface area contributed by atoms with Gasteiger partial charge in [0, 0.05) is 48.3 Å². The summed E-state index contributed by atoms with van der Waals surface area (Å²) in [4.78, 5) is 21.2. The molecule has 4 rings (SSSR count). The van der Waals surface area contributed by atoms with Gasteiger partial charge in [0.1, 0.15) is 9.84 Å². The van der Waals surface area contributed by atoms with E-state index in [9.17, 15) is 13.2 Å². The summed E-state index contributed by atoms with van der Waals surface area (Å²) in [6.45, 7) is 3.22. The highest BCUT2D eigenvalue weighted by Gasteiger charge is 2.34. The Hall–Kier alpha value is -3.19. The third-order valence-electron chi connectivity index (χ3n) is 6.47. The molecular formula is C26H28ClN5O3S. The number of piperazine rings is 1. The number of rotatable bonds is 9. The van der Waals surface area contributed by atoms with Crippen molar-refractivity contribution in [1.29, 1.82) is 5.26 Å². The first-order valence-corrected chi connectivity index (χ1v) is 14.0. The molecule has 2 heterocycles. The highest BCUT2D eigenvalue weighted by atomic mass is 35.5. The van der Waals surface area contributed by atoms with Gasteiger partial charge in [0.25, 0.3) is 0 Å². The van der Waals surface area contributed by atoms with Crippen LogP contribution in [-0.2, 0) is 27.7 Å². The zero-order valence-corrected chi connectivity index (χ0v) is 21.6. The van der Waals surface area contributed by atoms with Gasteiger partial charge in [0.15, 0.2) is 0 Å². The standard InChI is InChI=1S/C26H28ClN5O3S/c1-2-36(34,35)11-10-24-17-32(23-5-3-4-22(27)12-23)26(33)18-30(24)16-25-14-29-19-31(25)15-21-8-6-20(13-28)7-9-21/h3-9,12,14,19,24H,2,10-11,15-18H2,1H3. The third kappa shape index (κ3) is 6.32. The second-order valence-corrected chi connectivity index (χ2v) is 11.8. The van der Waals surface area contributed by atoms with E-state index in [0.717, 1.165) is 11.3 Å². The van der Waals surface area contributed by atoms with E-state index in [1.165, 1.54) is 0 Å². The minimum Gasteiger partial charge on any atom is -0.329 e. The van der Waals surface area contributed by atoms with Crippen LogP contribution in [0.1, 0.15) is 30.2 Å². The first-order chi connectivity index (χ1) is 17.3. The molecule has 1 amide bonds. The summed E-state index contributed by atoms with van der Waals surface area (Å²) < 4.78 is 26.6. The number of carbonyl (C=O) groups is 1. The maximum absolute atomic E-state index is 13.2. The predicted octanol–water partition coefficient (Wildman–Crippen LogP) is 3.50. The molecule has 0 aliphatic carbocycles. The van der Waals surface area contributed by atoms with Gasteiger partial charge in [0.05, 0.1) is 36.0 Å². The number of nitriles is 1. The van der Waals surface area contributed by atoms with Crippen molar-refractivity contribution in [3.63, 3.8) is 0 Å². The molecule has 0 bridgehead atoms. The average Bonchev–Trinajstić information content (AvgIpc) is 3.30. The van der Waals surface area contributed by atoms with E-state index in [2.05, 4.69) is 11.1 Å². The van der Waals surface area contributed by atoms with E-state index in [1.807, 2.05) is 27.7 Å². The summed E-state index contributed by atoms with van der Waals surface area (Å²) in [6, 6.07) is 16.5. The average molecular weight is 526 g/mol. The molecule has 1 atom stereocenters. The lowest BCUT2D eigenvalue weighted by molar-refractivity contribution is -0.122. The van der Waals surface area contributed by atoms with Crippen LogP contribution in [0.3, 0.4) is 0 Å². The molecule has 1 unspecified atom stereocenters. The monoisotopic (exact) mass is 525 g/mol. The van der Waals surface area contributed by atoms with Gasteiger partial charge >= 0.3 is 0 Å². The second-order valence-electron chi connectivity index (χ2n) is 8.89. The van der Waals surface area contributed by atoms with E-state index in [1.54, 1.807) is 54.7 Å². The van der Waals surface area contributed by atoms with E-state index in [4.69, 9.17) is 16.9 Å². The number of hydrogen-bond donors (Lipinski definition) is 0. The van der Waals surface area contributed by atoms with Crippen LogP contribution >= 0.6 is 11.6 Å². The Labute approximate surface area is 216 Å². The van der Waals surface area contributed by atoms with Crippen molar-refractivity contribution in [3.05, 3.63) is 82.9 Å². The molecule has 1 saturated heterocycles. The maximum atomic E-state index is 13.2. The van der Waals surface area contributed by atoms with Gasteiger partial charge in [0.2, 0.25) is 5.91 Å². The van der Waals surface area contributed by atoms with Crippen molar-refractivity contribution in [2.45, 2.75) is 32.5 Å². The van der Waals surface area contributed by atoms with Crippen LogP contribution in [0.5, 0.6) is 0 Å². The van der Waals surface area contributed by atoms with E-state index in [0.29, 0.717) is 42.3 Å². The highest BCUT2D eigenvalue weighted by Crippen LogP contribution is 2.26. The number of benzene rings is 2. The Morgan fingerprint density at radius 3 is 2.64 bits per heavy atom. The molecule has 10 heteroatoms. The normalized spacial score (nSPS) is 16.8. The first kappa shape index (κ1) is 25.9. The van der Waals surface area contributed by atoms with Gasteiger partial charge in [-0.3, -0.25) is 9.69 Å². The first-order valence-electron chi connectivity index (χ1n) is 11.8. The van der Waals surface area contributed by atoms with Crippen LogP contribution in [-0.4, -0.2) is 59.4 Å². The smallest absolute Gasteiger partial charge is 0.241 e. The van der Waals surface area contributed by atoms with Gasteiger partial charge < -0.3 is 9.47 Å². The van der Waals surface area contributed by atoms with Crippen molar-refractivity contribution in [2.24, 2.45) is 0 Å². The number of nitrogens with zero attached hydrogens (tertiary/aromatic N) is 5. The summed E-state index contributed by atoms with van der Waals surface area (Å²) in [7, 11) is -3.15. The molecule has 3 aromatic rings. The molecule has 1 fully saturated rings. The van der Waals surface area contributed by atoms with Crippen molar-refractivity contribution in [3.8, 4) is 6.07 Å². The van der Waals surface area contributed by atoms with Crippen LogP contribution in [0.4, 0.5) is 5.69 Å². The number of aromatic nitrogens is 2. The number of carbonyl (C=O) groups excluding carboxylic acids is 1. The van der Waals surface area contributed by atoms with Crippen LogP contribution in [0.15, 0.2) is 61.1 Å². The van der Waals surface area contributed by atoms with E-state index >= 15 is 0 Å². The topological polar surface area (TPSA) is 99.3 Å². The van der Waals surface area contributed by atoms with Gasteiger partial charge in [-0.2, -0.15) is 5.26 Å². The molecule has 0 N–H and O–H groups in total. The summed E-state index contributed by atoms with van der Waals surface area (Å²) in [6.07, 6.45) is 3.94. The molecule has 1 aliphatic rings. The summed E-state index contributed by atoms with van der Waals surface area (Å²) in [5.74, 6) is 0.0887. The molecule has 0 saturated carbocycles. The molecule has 1 aromatic heterocycles. The van der Waals surface area contributed by atoms with Crippen molar-refractivity contribution < 1.29 is 13.2 Å². The second kappa shape index (κ2) is 11.2. The minimum absolute atomic E-state index is 0.0622. The zero-order valence-electron chi connectivity index (χ0n) is 20.0. The van der Waals surface area contributed by atoms with Crippen LogP contribution in [0.2, 0.25) is 5.02 Å². The molecular weight excluding hydrogens is 498 g/mol. The zero-order chi connectivity index (χ0) is 25.7. The number of imidazole rings is 1. The molecule has 0 radical (unpaired) electrons. The number of hydrogen-bond acceptors (Lipinski definition) is 6. The Morgan fingerprint density at radius 1 is 1.17 bits per heavy atom. The van der Waals surface area contributed by atoms with Crippen molar-refractivity contribution in [1.82, 2.24) is 14.5 Å². The number of sulfone groups is 1. The Balaban J connectivity index is 1.54. The Morgan fingerprint density at radius 2 is 1.94 bits per heavy atom. The fourth-order valence-electron chi connectivity index (χ4n) is 4.34. The molecule has 188 valence electrons. The van der Waals surface area contributed by atoms with Crippen molar-refractivity contribution in [2.75, 3.05) is 29.5 Å². The number of amides is 1. The Kier molecular flexibility index (Phi) is 8.09. The fourth-order valence-corrected chi connectivity index (χ4v) is 5.44. The van der Waals surface area contributed by atoms with Crippen LogP contribution in [0.25, 0.3) is 0 Å². The Bertz CT molecular complexity index is 1360. The molecule has 2 aromatic carbocycles. The van der Waals surface area contributed by atoms with Gasteiger partial charge in [-0.15, -0.1) is 0 Å². The third-order valence-corrected chi connectivity index (χ3v) is 8.44. The predicted molar refractivity (Wildman–Crippen MR) is 139 cm³/mol. The maximum Gasteiger partial charge on any atom is 0.241 e. The molecule has 0 spiro atoms. The largest absolute Gasteiger partial charge is 0.329 e. The lowest BCUT2D eigenvalue weighted by Crippen LogP contribution is -2.56. The van der Waals surface area contributed by atoms with E-state index < -0.39 is 9.84 Å². The SMILES string of the molecule is CCS(=O)(=O)CCC1CN(c2cccc(Cl)c2)C(=O)CN1Cc1cncn1Cc1ccc(C#N)cc1. The quantitative estimate of drug-likeness (QED) is 0.424. The summed E-state index contributed by atoms with van der Waals surface area (Å²) in [5, 5.41) is 9.57. The van der Waals surface area contributed by atoms with Crippen LogP contribution < -0.4 is 4.90 Å². The number of halogens is 1. The van der Waals surface area contributed by atoms with Gasteiger partial charge in [-0.25, -0.2) is 13.4 Å². The number of anilines is 1. The summed E-state index contributed by atoms with van der Waals surface area (Å²) in [5.41, 5.74) is 3.26. The van der Waals surface area contributed by atoms with Gasteiger partial charge in [-0.05, 0) is 42.3 Å². The minimum atomic E-state index is -3.15. The lowest BCUT2D eigenvalue weighted by Gasteiger charge is -2.41. The fraction of sp³-hybridized carbons (Fsp3) is 0.346.